The topological polar surface area (TPSA) is 156 Å². The Balaban J connectivity index is 2.17. The van der Waals surface area contributed by atoms with Gasteiger partial charge in [0.25, 0.3) is 0 Å². The average molecular weight is 425 g/mol. The lowest BCUT2D eigenvalue weighted by Gasteiger charge is -2.16. The first-order chi connectivity index (χ1) is 13.9. The van der Waals surface area contributed by atoms with Crippen LogP contribution in [0.15, 0.2) is 27.8 Å². The second kappa shape index (κ2) is 10.3. The van der Waals surface area contributed by atoms with Gasteiger partial charge in [0.1, 0.15) is 11.5 Å². The molecule has 0 aliphatic heterocycles. The minimum Gasteiger partial charge on any atom is -0.383 e. The van der Waals surface area contributed by atoms with Gasteiger partial charge in [-0.2, -0.15) is 5.26 Å². The van der Waals surface area contributed by atoms with Crippen LogP contribution in [0.25, 0.3) is 0 Å². The third kappa shape index (κ3) is 5.85. The maximum atomic E-state index is 13.3. The maximum Gasteiger partial charge on any atom is 0.205 e. The number of amidine groups is 1. The number of aliphatic imine (C=N–C) groups is 1. The second-order valence-electron chi connectivity index (χ2n) is 5.72. The van der Waals surface area contributed by atoms with Crippen LogP contribution in [0.3, 0.4) is 0 Å². The van der Waals surface area contributed by atoms with Gasteiger partial charge in [-0.25, -0.2) is 19.1 Å². The fourth-order valence-corrected chi connectivity index (χ4v) is 2.36. The molecule has 0 bridgehead atoms. The monoisotopic (exact) mass is 424 g/mol. The van der Waals surface area contributed by atoms with E-state index in [1.54, 1.807) is 13.3 Å². The van der Waals surface area contributed by atoms with Gasteiger partial charge in [0.05, 0.1) is 23.9 Å². The fraction of sp³-hybridized carbons (Fsp3) is 0.312. The van der Waals surface area contributed by atoms with Crippen molar-refractivity contribution in [3.05, 3.63) is 40.4 Å². The summed E-state index contributed by atoms with van der Waals surface area (Å²) in [5.74, 6) is -1.00. The molecule has 29 heavy (non-hydrogen) atoms. The van der Waals surface area contributed by atoms with Crippen LogP contribution >= 0.6 is 11.6 Å². The Bertz CT molecular complexity index is 929. The van der Waals surface area contributed by atoms with Crippen molar-refractivity contribution < 1.29 is 19.0 Å². The number of nitrogens with zero attached hydrogens (tertiary/aromatic N) is 5. The summed E-state index contributed by atoms with van der Waals surface area (Å²) in [7, 11) is 1.54. The van der Waals surface area contributed by atoms with Crippen LogP contribution in [0.5, 0.6) is 0 Å². The van der Waals surface area contributed by atoms with Gasteiger partial charge in [-0.3, -0.25) is 15.9 Å². The number of nitrogens with one attached hydrogen (secondary N) is 3. The van der Waals surface area contributed by atoms with Crippen LogP contribution in [-0.4, -0.2) is 47.1 Å². The third-order valence-electron chi connectivity index (χ3n) is 3.50. The lowest BCUT2D eigenvalue weighted by molar-refractivity contribution is 0.179. The molecule has 154 valence electrons. The first kappa shape index (κ1) is 22.0. The normalized spacial score (nSPS) is 12.2. The van der Waals surface area contributed by atoms with E-state index < -0.39 is 11.7 Å². The van der Waals surface area contributed by atoms with E-state index in [0.29, 0.717) is 11.7 Å². The predicted octanol–water partition coefficient (Wildman–Crippen LogP) is 1.63. The number of anilines is 1. The molecule has 0 saturated heterocycles. The van der Waals surface area contributed by atoms with Crippen molar-refractivity contribution in [1.82, 2.24) is 20.9 Å². The Hall–Kier alpha value is -3.27. The molecular weight excluding hydrogens is 407 g/mol. The van der Waals surface area contributed by atoms with Crippen molar-refractivity contribution in [3.8, 4) is 6.19 Å². The number of hydrogen-bond donors (Lipinski definition) is 4. The molecule has 1 aromatic heterocycles. The highest BCUT2D eigenvalue weighted by Gasteiger charge is 2.21. The summed E-state index contributed by atoms with van der Waals surface area (Å²) in [5, 5.41) is 40.0. The van der Waals surface area contributed by atoms with Crippen LogP contribution in [0.4, 0.5) is 10.1 Å². The number of halogens is 2. The number of ether oxygens (including phenoxy) is 1. The zero-order chi connectivity index (χ0) is 21.4. The van der Waals surface area contributed by atoms with Gasteiger partial charge >= 0.3 is 0 Å². The minimum atomic E-state index is -0.666. The molecule has 0 amide bonds. The smallest absolute Gasteiger partial charge is 0.205 e. The molecule has 0 saturated carbocycles. The molecule has 0 aliphatic carbocycles. The Labute approximate surface area is 170 Å². The summed E-state index contributed by atoms with van der Waals surface area (Å²) in [6.45, 7) is 2.09. The molecule has 0 fully saturated rings. The van der Waals surface area contributed by atoms with Gasteiger partial charge in [-0.1, -0.05) is 16.8 Å². The van der Waals surface area contributed by atoms with Crippen molar-refractivity contribution in [3.63, 3.8) is 0 Å². The quantitative estimate of drug-likeness (QED) is 0.170. The Kier molecular flexibility index (Phi) is 7.84. The number of benzene rings is 1. The molecule has 1 heterocycles. The number of methoxy groups -OCH3 is 1. The number of rotatable bonds is 7. The molecule has 1 unspecified atom stereocenters. The number of hydrogen-bond acceptors (Lipinski definition) is 8. The second-order valence-corrected chi connectivity index (χ2v) is 6.13. The van der Waals surface area contributed by atoms with Crippen LogP contribution in [0.2, 0.25) is 5.02 Å². The number of nitriles is 1. The standard InChI is InChI=1S/C16H18ClFN8O3/c1-9(7-28-2)23-16(22-8-19)21-6-13-14(25-29-24-13)15(20)26(27)10-3-4-12(18)11(17)5-10/h3-5,9,20,27H,6-7H2,1-2H3,(H2,21,22,23). The summed E-state index contributed by atoms with van der Waals surface area (Å²) in [4.78, 5) is 4.17. The summed E-state index contributed by atoms with van der Waals surface area (Å²) in [6, 6.07) is 3.29. The van der Waals surface area contributed by atoms with Gasteiger partial charge in [0, 0.05) is 13.2 Å². The van der Waals surface area contributed by atoms with E-state index >= 15 is 0 Å². The van der Waals surface area contributed by atoms with E-state index in [-0.39, 0.29) is 40.6 Å². The van der Waals surface area contributed by atoms with Crippen molar-refractivity contribution in [1.29, 1.82) is 10.7 Å². The highest BCUT2D eigenvalue weighted by Crippen LogP contribution is 2.23. The molecule has 0 spiro atoms. The molecule has 0 aliphatic rings. The van der Waals surface area contributed by atoms with Gasteiger partial charge in [0.15, 0.2) is 17.7 Å². The summed E-state index contributed by atoms with van der Waals surface area (Å²) in [5.41, 5.74) is 0.0689. The minimum absolute atomic E-state index is 0.0424. The largest absolute Gasteiger partial charge is 0.383 e. The molecule has 1 aromatic carbocycles. The van der Waals surface area contributed by atoms with E-state index in [9.17, 15) is 9.60 Å². The van der Waals surface area contributed by atoms with E-state index in [4.69, 9.17) is 27.0 Å². The molecule has 11 nitrogen and oxygen atoms in total. The lowest BCUT2D eigenvalue weighted by atomic mass is 10.2. The van der Waals surface area contributed by atoms with E-state index in [1.807, 2.05) is 6.92 Å². The maximum absolute atomic E-state index is 13.3. The Morgan fingerprint density at radius 2 is 2.31 bits per heavy atom. The predicted molar refractivity (Wildman–Crippen MR) is 101 cm³/mol. The highest BCUT2D eigenvalue weighted by atomic mass is 35.5. The van der Waals surface area contributed by atoms with Crippen molar-refractivity contribution in [2.45, 2.75) is 19.5 Å². The third-order valence-corrected chi connectivity index (χ3v) is 3.79. The van der Waals surface area contributed by atoms with Crippen molar-refractivity contribution in [2.24, 2.45) is 4.99 Å². The number of aromatic nitrogens is 2. The van der Waals surface area contributed by atoms with Crippen LogP contribution in [-0.2, 0) is 11.3 Å². The molecule has 1 atom stereocenters. The summed E-state index contributed by atoms with van der Waals surface area (Å²) < 4.78 is 23.0. The van der Waals surface area contributed by atoms with Crippen LogP contribution in [0.1, 0.15) is 18.3 Å². The molecule has 13 heteroatoms. The van der Waals surface area contributed by atoms with E-state index in [2.05, 4.69) is 30.6 Å². The van der Waals surface area contributed by atoms with Gasteiger partial charge in [0.2, 0.25) is 5.96 Å². The molecule has 0 radical (unpaired) electrons. The molecule has 2 rings (SSSR count). The summed E-state index contributed by atoms with van der Waals surface area (Å²) in [6.07, 6.45) is 1.76. The van der Waals surface area contributed by atoms with Crippen LogP contribution < -0.4 is 15.7 Å². The fourth-order valence-electron chi connectivity index (χ4n) is 2.19. The summed E-state index contributed by atoms with van der Waals surface area (Å²) >= 11 is 5.70. The lowest BCUT2D eigenvalue weighted by Crippen LogP contribution is -2.42. The van der Waals surface area contributed by atoms with E-state index in [1.165, 1.54) is 6.07 Å². The number of guanidine groups is 1. The molecule has 4 N–H and O–H groups in total. The first-order valence-corrected chi connectivity index (χ1v) is 8.54. The zero-order valence-electron chi connectivity index (χ0n) is 15.5. The first-order valence-electron chi connectivity index (χ1n) is 8.16. The van der Waals surface area contributed by atoms with Gasteiger partial charge < -0.3 is 10.1 Å². The van der Waals surface area contributed by atoms with E-state index in [0.717, 1.165) is 12.1 Å². The number of hydroxylamine groups is 1. The molecular formula is C16H18ClFN8O3. The van der Waals surface area contributed by atoms with Crippen molar-refractivity contribution >= 4 is 29.1 Å². The van der Waals surface area contributed by atoms with Gasteiger partial charge in [-0.05, 0) is 30.3 Å². The van der Waals surface area contributed by atoms with Crippen molar-refractivity contribution in [2.75, 3.05) is 18.8 Å². The van der Waals surface area contributed by atoms with Gasteiger partial charge in [-0.15, -0.1) is 0 Å². The SMILES string of the molecule is COCC(C)NC(=NCc1nonc1C(=N)N(O)c1ccc(F)c(Cl)c1)NC#N. The zero-order valence-corrected chi connectivity index (χ0v) is 16.2. The highest BCUT2D eigenvalue weighted by molar-refractivity contribution is 6.31. The Morgan fingerprint density at radius 1 is 1.55 bits per heavy atom. The van der Waals surface area contributed by atoms with Crippen LogP contribution in [0, 0.1) is 22.7 Å². The molecule has 2 aromatic rings. The average Bonchev–Trinajstić information content (AvgIpc) is 3.16. The Morgan fingerprint density at radius 3 is 2.97 bits per heavy atom.